The first-order valence-electron chi connectivity index (χ1n) is 5.52. The van der Waals surface area contributed by atoms with Crippen molar-refractivity contribution in [2.24, 2.45) is 0 Å². The van der Waals surface area contributed by atoms with Crippen molar-refractivity contribution in [1.29, 1.82) is 0 Å². The van der Waals surface area contributed by atoms with Crippen LogP contribution < -0.4 is 0 Å². The van der Waals surface area contributed by atoms with Crippen LogP contribution in [-0.4, -0.2) is 22.3 Å². The molecule has 2 unspecified atom stereocenters. The highest BCUT2D eigenvalue weighted by molar-refractivity contribution is 7.71. The van der Waals surface area contributed by atoms with Gasteiger partial charge >= 0.3 is 0 Å². The van der Waals surface area contributed by atoms with E-state index in [9.17, 15) is 0 Å². The van der Waals surface area contributed by atoms with E-state index < -0.39 is 0 Å². The second-order valence-electron chi connectivity index (χ2n) is 4.48. The zero-order valence-corrected chi connectivity index (χ0v) is 10.3. The van der Waals surface area contributed by atoms with Gasteiger partial charge in [-0.05, 0) is 31.5 Å². The molecule has 0 saturated carbocycles. The Morgan fingerprint density at radius 1 is 1.60 bits per heavy atom. The van der Waals surface area contributed by atoms with Gasteiger partial charge < -0.3 is 14.3 Å². The molecule has 1 N–H and O–H groups in total. The smallest absolute Gasteiger partial charge is 0.177 e. The van der Waals surface area contributed by atoms with Gasteiger partial charge in [-0.1, -0.05) is 13.8 Å². The number of ether oxygens (including phenoxy) is 1. The molecule has 1 fully saturated rings. The van der Waals surface area contributed by atoms with E-state index in [1.54, 1.807) is 0 Å². The Balaban J connectivity index is 2.41. The molecule has 1 aromatic rings. The summed E-state index contributed by atoms with van der Waals surface area (Å²) in [6, 6.07) is 0.404. The Labute approximate surface area is 95.5 Å². The van der Waals surface area contributed by atoms with Crippen molar-refractivity contribution in [1.82, 2.24) is 9.55 Å². The average molecular weight is 226 g/mol. The third-order valence-corrected chi connectivity index (χ3v) is 3.41. The fourth-order valence-corrected chi connectivity index (χ4v) is 2.54. The third-order valence-electron chi connectivity index (χ3n) is 3.10. The molecule has 1 aliphatic heterocycles. The molecule has 0 bridgehead atoms. The highest BCUT2D eigenvalue weighted by Gasteiger charge is 2.28. The molecule has 1 aromatic heterocycles. The van der Waals surface area contributed by atoms with E-state index in [-0.39, 0.29) is 6.10 Å². The van der Waals surface area contributed by atoms with Crippen LogP contribution in [0.15, 0.2) is 6.20 Å². The molecule has 0 radical (unpaired) electrons. The van der Waals surface area contributed by atoms with E-state index in [1.165, 1.54) is 5.69 Å². The third kappa shape index (κ3) is 1.88. The van der Waals surface area contributed by atoms with Crippen LogP contribution in [0, 0.1) is 4.77 Å². The van der Waals surface area contributed by atoms with Crippen LogP contribution in [0.5, 0.6) is 0 Å². The minimum absolute atomic E-state index is 0.269. The summed E-state index contributed by atoms with van der Waals surface area (Å²) in [4.78, 5) is 3.14. The van der Waals surface area contributed by atoms with Gasteiger partial charge in [0.25, 0.3) is 0 Å². The SMILES string of the molecule is CC(C)c1c[nH]c(=S)n1C1CCOC1C. The quantitative estimate of drug-likeness (QED) is 0.786. The molecular formula is C11H18N2OS. The number of nitrogens with zero attached hydrogens (tertiary/aromatic N) is 1. The Kier molecular flexibility index (Phi) is 2.98. The van der Waals surface area contributed by atoms with Gasteiger partial charge in [0.15, 0.2) is 4.77 Å². The topological polar surface area (TPSA) is 29.9 Å². The molecule has 15 heavy (non-hydrogen) atoms. The molecule has 2 heterocycles. The summed E-state index contributed by atoms with van der Waals surface area (Å²) in [6.07, 6.45) is 3.36. The number of nitrogens with one attached hydrogen (secondary N) is 1. The lowest BCUT2D eigenvalue weighted by Gasteiger charge is -2.20. The maximum atomic E-state index is 5.60. The normalized spacial score (nSPS) is 26.4. The van der Waals surface area contributed by atoms with Crippen LogP contribution in [0.1, 0.15) is 44.8 Å². The summed E-state index contributed by atoms with van der Waals surface area (Å²) in [7, 11) is 0. The standard InChI is InChI=1S/C11H18N2OS/c1-7(2)10-6-12-11(15)13(10)9-4-5-14-8(9)3/h6-9H,4-5H2,1-3H3,(H,12,15). The second kappa shape index (κ2) is 4.10. The number of H-pyrrole nitrogens is 1. The van der Waals surface area contributed by atoms with Crippen LogP contribution in [0.2, 0.25) is 0 Å². The van der Waals surface area contributed by atoms with E-state index in [0.29, 0.717) is 12.0 Å². The summed E-state index contributed by atoms with van der Waals surface area (Å²) in [5.41, 5.74) is 1.28. The fraction of sp³-hybridized carbons (Fsp3) is 0.727. The van der Waals surface area contributed by atoms with Crippen molar-refractivity contribution in [3.8, 4) is 0 Å². The Bertz CT molecular complexity index is 394. The van der Waals surface area contributed by atoms with Crippen molar-refractivity contribution >= 4 is 12.2 Å². The number of hydrogen-bond donors (Lipinski definition) is 1. The van der Waals surface area contributed by atoms with Gasteiger partial charge in [-0.25, -0.2) is 0 Å². The van der Waals surface area contributed by atoms with Gasteiger partial charge in [0, 0.05) is 18.5 Å². The molecule has 2 rings (SSSR count). The largest absolute Gasteiger partial charge is 0.376 e. The van der Waals surface area contributed by atoms with Crippen LogP contribution in [0.3, 0.4) is 0 Å². The molecule has 84 valence electrons. The van der Waals surface area contributed by atoms with Gasteiger partial charge in [-0.3, -0.25) is 0 Å². The summed E-state index contributed by atoms with van der Waals surface area (Å²) >= 11 is 5.33. The Morgan fingerprint density at radius 3 is 2.87 bits per heavy atom. The lowest BCUT2D eigenvalue weighted by atomic mass is 10.1. The van der Waals surface area contributed by atoms with Crippen LogP contribution in [0.25, 0.3) is 0 Å². The van der Waals surface area contributed by atoms with E-state index in [2.05, 4.69) is 30.3 Å². The summed E-state index contributed by atoms with van der Waals surface area (Å²) in [5.74, 6) is 0.491. The number of aromatic nitrogens is 2. The molecule has 4 heteroatoms. The van der Waals surface area contributed by atoms with Crippen LogP contribution in [0.4, 0.5) is 0 Å². The molecule has 3 nitrogen and oxygen atoms in total. The predicted molar refractivity (Wildman–Crippen MR) is 62.8 cm³/mol. The van der Waals surface area contributed by atoms with Crippen molar-refractivity contribution < 1.29 is 4.74 Å². The fourth-order valence-electron chi connectivity index (χ4n) is 2.24. The zero-order valence-electron chi connectivity index (χ0n) is 9.49. The first-order valence-corrected chi connectivity index (χ1v) is 5.93. The van der Waals surface area contributed by atoms with Gasteiger partial charge in [0.05, 0.1) is 12.1 Å². The Hall–Kier alpha value is -0.610. The van der Waals surface area contributed by atoms with E-state index in [4.69, 9.17) is 17.0 Å². The number of rotatable bonds is 2. The van der Waals surface area contributed by atoms with Crippen molar-refractivity contribution in [3.63, 3.8) is 0 Å². The number of aromatic amines is 1. The second-order valence-corrected chi connectivity index (χ2v) is 4.86. The molecule has 0 aromatic carbocycles. The highest BCUT2D eigenvalue weighted by atomic mass is 32.1. The monoisotopic (exact) mass is 226 g/mol. The van der Waals surface area contributed by atoms with Crippen LogP contribution in [-0.2, 0) is 4.74 Å². The molecule has 0 spiro atoms. The van der Waals surface area contributed by atoms with Gasteiger partial charge in [0.2, 0.25) is 0 Å². The molecule has 0 amide bonds. The van der Waals surface area contributed by atoms with Crippen molar-refractivity contribution in [3.05, 3.63) is 16.7 Å². The van der Waals surface area contributed by atoms with Crippen LogP contribution >= 0.6 is 12.2 Å². The van der Waals surface area contributed by atoms with E-state index in [0.717, 1.165) is 17.8 Å². The number of hydrogen-bond acceptors (Lipinski definition) is 2. The molecular weight excluding hydrogens is 208 g/mol. The maximum Gasteiger partial charge on any atom is 0.177 e. The van der Waals surface area contributed by atoms with Crippen molar-refractivity contribution in [2.75, 3.05) is 6.61 Å². The molecule has 0 aliphatic carbocycles. The average Bonchev–Trinajstić information content (AvgIpc) is 2.71. The van der Waals surface area contributed by atoms with E-state index >= 15 is 0 Å². The molecule has 1 aliphatic rings. The molecule has 1 saturated heterocycles. The lowest BCUT2D eigenvalue weighted by molar-refractivity contribution is 0.107. The van der Waals surface area contributed by atoms with Crippen molar-refractivity contribution in [2.45, 2.75) is 45.3 Å². The molecule has 2 atom stereocenters. The first-order chi connectivity index (χ1) is 7.11. The van der Waals surface area contributed by atoms with E-state index in [1.807, 2.05) is 6.20 Å². The Morgan fingerprint density at radius 2 is 2.33 bits per heavy atom. The van der Waals surface area contributed by atoms with Gasteiger partial charge in [-0.15, -0.1) is 0 Å². The van der Waals surface area contributed by atoms with Gasteiger partial charge in [0.1, 0.15) is 0 Å². The summed E-state index contributed by atoms with van der Waals surface area (Å²) < 4.78 is 8.65. The summed E-state index contributed by atoms with van der Waals surface area (Å²) in [5, 5.41) is 0. The summed E-state index contributed by atoms with van der Waals surface area (Å²) in [6.45, 7) is 7.34. The van der Waals surface area contributed by atoms with Gasteiger partial charge in [-0.2, -0.15) is 0 Å². The minimum Gasteiger partial charge on any atom is -0.376 e. The lowest BCUT2D eigenvalue weighted by Crippen LogP contribution is -2.19. The maximum absolute atomic E-state index is 5.60. The first kappa shape index (κ1) is 10.9. The predicted octanol–water partition coefficient (Wildman–Crippen LogP) is 3.02. The minimum atomic E-state index is 0.269. The zero-order chi connectivity index (χ0) is 11.0. The number of imidazole rings is 1. The highest BCUT2D eigenvalue weighted by Crippen LogP contribution is 2.29.